The van der Waals surface area contributed by atoms with Crippen molar-refractivity contribution in [2.75, 3.05) is 20.1 Å². The lowest BCUT2D eigenvalue weighted by atomic mass is 10.1. The third-order valence-electron chi connectivity index (χ3n) is 5.57. The largest absolute Gasteiger partial charge is 0.354 e. The Balaban J connectivity index is 2.28. The number of benzene rings is 2. The minimum absolute atomic E-state index is 0.113. The smallest absolute Gasteiger partial charge is 0.243 e. The summed E-state index contributed by atoms with van der Waals surface area (Å²) in [7, 11) is -2.49. The van der Waals surface area contributed by atoms with Gasteiger partial charge < -0.3 is 10.2 Å². The molecule has 0 saturated carbocycles. The first-order chi connectivity index (χ1) is 16.1. The molecule has 0 heterocycles. The van der Waals surface area contributed by atoms with E-state index >= 15 is 0 Å². The summed E-state index contributed by atoms with van der Waals surface area (Å²) in [6.07, 6.45) is 2.17. The molecule has 2 aromatic carbocycles. The van der Waals surface area contributed by atoms with E-state index in [0.29, 0.717) is 18.0 Å². The molecule has 0 aliphatic carbocycles. The van der Waals surface area contributed by atoms with Crippen LogP contribution < -0.4 is 5.32 Å². The second-order valence-corrected chi connectivity index (χ2v) is 10.8. The number of sulfonamides is 1. The molecular formula is C25H34ClN3O4S. The molecule has 1 atom stereocenters. The number of carbonyl (C=O) groups is 2. The average Bonchev–Trinajstić information content (AvgIpc) is 2.80. The maximum atomic E-state index is 13.4. The van der Waals surface area contributed by atoms with Gasteiger partial charge in [0.15, 0.2) is 0 Å². The van der Waals surface area contributed by atoms with Gasteiger partial charge >= 0.3 is 0 Å². The Morgan fingerprint density at radius 2 is 1.65 bits per heavy atom. The summed E-state index contributed by atoms with van der Waals surface area (Å²) in [4.78, 5) is 27.9. The number of rotatable bonds is 12. The fourth-order valence-corrected chi connectivity index (χ4v) is 4.71. The van der Waals surface area contributed by atoms with Gasteiger partial charge in [-0.15, -0.1) is 0 Å². The molecule has 1 unspecified atom stereocenters. The number of carbonyl (C=O) groups excluding carboxylic acids is 2. The Morgan fingerprint density at radius 1 is 1.03 bits per heavy atom. The third kappa shape index (κ3) is 7.55. The van der Waals surface area contributed by atoms with Crippen molar-refractivity contribution >= 4 is 33.4 Å². The van der Waals surface area contributed by atoms with Gasteiger partial charge in [-0.2, -0.15) is 4.31 Å². The Kier molecular flexibility index (Phi) is 10.5. The van der Waals surface area contributed by atoms with Crippen LogP contribution >= 0.6 is 11.6 Å². The number of amides is 2. The second kappa shape index (κ2) is 12.9. The lowest BCUT2D eigenvalue weighted by Crippen LogP contribution is -2.51. The van der Waals surface area contributed by atoms with Gasteiger partial charge in [0.2, 0.25) is 21.8 Å². The van der Waals surface area contributed by atoms with Crippen molar-refractivity contribution in [1.29, 1.82) is 0 Å². The van der Waals surface area contributed by atoms with Crippen LogP contribution in [0.1, 0.15) is 44.2 Å². The van der Waals surface area contributed by atoms with E-state index in [-0.39, 0.29) is 23.9 Å². The van der Waals surface area contributed by atoms with Gasteiger partial charge in [-0.3, -0.25) is 9.59 Å². The molecule has 2 aromatic rings. The molecule has 0 radical (unpaired) electrons. The Labute approximate surface area is 208 Å². The van der Waals surface area contributed by atoms with Gasteiger partial charge in [-0.25, -0.2) is 8.42 Å². The molecule has 186 valence electrons. The second-order valence-electron chi connectivity index (χ2n) is 8.29. The van der Waals surface area contributed by atoms with Crippen molar-refractivity contribution in [2.45, 2.75) is 57.5 Å². The van der Waals surface area contributed by atoms with E-state index in [9.17, 15) is 18.0 Å². The fourth-order valence-electron chi connectivity index (χ4n) is 3.47. The number of halogens is 1. The standard InChI is InChI=1S/C25H34ClN3O4S/c1-5-7-16-27-25(31)23(6-2)29(17-20-10-12-21(26)13-11-20)24(30)18-28(4)34(32,33)22-14-8-19(3)9-15-22/h8-15,23H,5-7,16-18H2,1-4H3,(H,27,31). The zero-order chi connectivity index (χ0) is 25.3. The molecule has 1 N–H and O–H groups in total. The van der Waals surface area contributed by atoms with E-state index < -0.39 is 22.0 Å². The number of aryl methyl sites for hydroxylation is 1. The molecule has 0 fully saturated rings. The van der Waals surface area contributed by atoms with Crippen molar-refractivity contribution in [1.82, 2.24) is 14.5 Å². The predicted octanol–water partition coefficient (Wildman–Crippen LogP) is 3.99. The van der Waals surface area contributed by atoms with E-state index in [2.05, 4.69) is 5.32 Å². The predicted molar refractivity (Wildman–Crippen MR) is 135 cm³/mol. The van der Waals surface area contributed by atoms with Crippen LogP contribution in [0, 0.1) is 6.92 Å². The summed E-state index contributed by atoms with van der Waals surface area (Å²) in [5, 5.41) is 3.46. The van der Waals surface area contributed by atoms with Crippen LogP contribution in [0.15, 0.2) is 53.4 Å². The van der Waals surface area contributed by atoms with Crippen LogP contribution in [0.4, 0.5) is 0 Å². The fraction of sp³-hybridized carbons (Fsp3) is 0.440. The average molecular weight is 508 g/mol. The van der Waals surface area contributed by atoms with Gasteiger partial charge in [0, 0.05) is 25.2 Å². The molecule has 0 aliphatic heterocycles. The normalized spacial score (nSPS) is 12.4. The maximum Gasteiger partial charge on any atom is 0.243 e. The number of likely N-dealkylation sites (N-methyl/N-ethyl adjacent to an activating group) is 1. The number of hydrogen-bond donors (Lipinski definition) is 1. The molecule has 0 spiro atoms. The number of nitrogens with zero attached hydrogens (tertiary/aromatic N) is 2. The number of hydrogen-bond acceptors (Lipinski definition) is 4. The lowest BCUT2D eigenvalue weighted by molar-refractivity contribution is -0.141. The third-order valence-corrected chi connectivity index (χ3v) is 7.64. The molecule has 9 heteroatoms. The molecule has 0 bridgehead atoms. The SMILES string of the molecule is CCCCNC(=O)C(CC)N(Cc1ccc(Cl)cc1)C(=O)CN(C)S(=O)(=O)c1ccc(C)cc1. The summed E-state index contributed by atoms with van der Waals surface area (Å²) in [6, 6.07) is 12.8. The van der Waals surface area contributed by atoms with E-state index in [1.807, 2.05) is 20.8 Å². The minimum atomic E-state index is -3.87. The Hall–Kier alpha value is -2.42. The van der Waals surface area contributed by atoms with Gasteiger partial charge in [-0.1, -0.05) is 61.7 Å². The topological polar surface area (TPSA) is 86.8 Å². The van der Waals surface area contributed by atoms with Crippen LogP contribution in [0.5, 0.6) is 0 Å². The van der Waals surface area contributed by atoms with Crippen LogP contribution in [0.2, 0.25) is 5.02 Å². The zero-order valence-corrected chi connectivity index (χ0v) is 21.8. The first-order valence-electron chi connectivity index (χ1n) is 11.4. The van der Waals surface area contributed by atoms with Crippen molar-refractivity contribution in [3.8, 4) is 0 Å². The van der Waals surface area contributed by atoms with Gasteiger partial charge in [0.1, 0.15) is 6.04 Å². The van der Waals surface area contributed by atoms with Crippen molar-refractivity contribution < 1.29 is 18.0 Å². The monoisotopic (exact) mass is 507 g/mol. The summed E-state index contributed by atoms with van der Waals surface area (Å²) in [5.41, 5.74) is 1.73. The van der Waals surface area contributed by atoms with Gasteiger partial charge in [-0.05, 0) is 49.6 Å². The van der Waals surface area contributed by atoms with E-state index in [0.717, 1.165) is 28.3 Å². The molecule has 34 heavy (non-hydrogen) atoms. The highest BCUT2D eigenvalue weighted by atomic mass is 35.5. The van der Waals surface area contributed by atoms with E-state index in [1.165, 1.54) is 24.1 Å². The summed E-state index contributed by atoms with van der Waals surface area (Å²) in [6.45, 7) is 6.03. The highest BCUT2D eigenvalue weighted by Crippen LogP contribution is 2.18. The summed E-state index contributed by atoms with van der Waals surface area (Å²) < 4.78 is 27.0. The molecule has 2 rings (SSSR count). The van der Waals surface area contributed by atoms with Crippen LogP contribution in [0.25, 0.3) is 0 Å². The lowest BCUT2D eigenvalue weighted by Gasteiger charge is -2.32. The quantitative estimate of drug-likeness (QED) is 0.440. The van der Waals surface area contributed by atoms with Crippen LogP contribution in [-0.4, -0.2) is 55.6 Å². The zero-order valence-electron chi connectivity index (χ0n) is 20.3. The first kappa shape index (κ1) is 27.8. The number of nitrogens with one attached hydrogen (secondary N) is 1. The van der Waals surface area contributed by atoms with Crippen molar-refractivity contribution in [3.05, 3.63) is 64.7 Å². The highest BCUT2D eigenvalue weighted by Gasteiger charge is 2.31. The van der Waals surface area contributed by atoms with Crippen LogP contribution in [-0.2, 0) is 26.2 Å². The molecular weight excluding hydrogens is 474 g/mol. The Bertz CT molecular complexity index is 1060. The van der Waals surface area contributed by atoms with E-state index in [4.69, 9.17) is 11.6 Å². The summed E-state index contributed by atoms with van der Waals surface area (Å²) in [5.74, 6) is -0.701. The molecule has 0 aliphatic rings. The molecule has 0 saturated heterocycles. The Morgan fingerprint density at radius 3 is 2.21 bits per heavy atom. The van der Waals surface area contributed by atoms with Crippen molar-refractivity contribution in [2.24, 2.45) is 0 Å². The van der Waals surface area contributed by atoms with Gasteiger partial charge in [0.05, 0.1) is 11.4 Å². The molecule has 0 aromatic heterocycles. The van der Waals surface area contributed by atoms with Gasteiger partial charge in [0.25, 0.3) is 0 Å². The summed E-state index contributed by atoms with van der Waals surface area (Å²) >= 11 is 5.99. The van der Waals surface area contributed by atoms with E-state index in [1.54, 1.807) is 36.4 Å². The first-order valence-corrected chi connectivity index (χ1v) is 13.3. The molecule has 7 nitrogen and oxygen atoms in total. The minimum Gasteiger partial charge on any atom is -0.354 e. The highest BCUT2D eigenvalue weighted by molar-refractivity contribution is 7.89. The van der Waals surface area contributed by atoms with Crippen LogP contribution in [0.3, 0.4) is 0 Å². The maximum absolute atomic E-state index is 13.4. The van der Waals surface area contributed by atoms with Crippen molar-refractivity contribution in [3.63, 3.8) is 0 Å². The number of unbranched alkanes of at least 4 members (excludes halogenated alkanes) is 1. The molecule has 2 amide bonds.